The molecule has 4 heteroatoms. The summed E-state index contributed by atoms with van der Waals surface area (Å²) in [5.74, 6) is 0.472. The Balaban J connectivity index is 2.26. The highest BCUT2D eigenvalue weighted by atomic mass is 16.4. The topological polar surface area (TPSA) is 46.1 Å². The summed E-state index contributed by atoms with van der Waals surface area (Å²) in [7, 11) is 0. The predicted octanol–water partition coefficient (Wildman–Crippen LogP) is 3.19. The first-order valence-electron chi connectivity index (χ1n) is 7.97. The standard InChI is InChI=1S/C18H24N2O2/c1-4-6-7-17-19(12-14(3)20(17)5-2)13-15-8-10-16(11-9-15)18(21)22/h8-12H,4-7,13H2,1-3H3/p+1. The van der Waals surface area contributed by atoms with Crippen molar-refractivity contribution in [2.75, 3.05) is 0 Å². The highest BCUT2D eigenvalue weighted by Gasteiger charge is 2.19. The Hall–Kier alpha value is -2.10. The summed E-state index contributed by atoms with van der Waals surface area (Å²) >= 11 is 0. The molecule has 0 atom stereocenters. The van der Waals surface area contributed by atoms with Crippen LogP contribution >= 0.6 is 0 Å². The maximum absolute atomic E-state index is 10.9. The molecule has 0 saturated heterocycles. The lowest BCUT2D eigenvalue weighted by molar-refractivity contribution is -0.695. The largest absolute Gasteiger partial charge is 0.478 e. The predicted molar refractivity (Wildman–Crippen MR) is 86.2 cm³/mol. The van der Waals surface area contributed by atoms with Gasteiger partial charge in [0.1, 0.15) is 18.4 Å². The van der Waals surface area contributed by atoms with Crippen LogP contribution in [0.4, 0.5) is 0 Å². The molecule has 2 aromatic rings. The number of hydrogen-bond donors (Lipinski definition) is 1. The van der Waals surface area contributed by atoms with E-state index in [0.717, 1.165) is 25.1 Å². The fraction of sp³-hybridized carbons (Fsp3) is 0.444. The number of imidazole rings is 1. The third kappa shape index (κ3) is 3.56. The van der Waals surface area contributed by atoms with E-state index in [2.05, 4.69) is 36.1 Å². The first-order valence-corrected chi connectivity index (χ1v) is 7.97. The smallest absolute Gasteiger partial charge is 0.335 e. The van der Waals surface area contributed by atoms with Gasteiger partial charge in [0.2, 0.25) is 0 Å². The van der Waals surface area contributed by atoms with E-state index in [4.69, 9.17) is 5.11 Å². The van der Waals surface area contributed by atoms with E-state index in [0.29, 0.717) is 5.56 Å². The average molecular weight is 301 g/mol. The SMILES string of the molecule is CCCCc1n(CC)c(C)c[n+]1Cc1ccc(C(=O)O)cc1. The highest BCUT2D eigenvalue weighted by Crippen LogP contribution is 2.09. The zero-order chi connectivity index (χ0) is 16.1. The molecule has 0 bridgehead atoms. The van der Waals surface area contributed by atoms with E-state index < -0.39 is 5.97 Å². The van der Waals surface area contributed by atoms with Crippen LogP contribution < -0.4 is 4.57 Å². The molecular weight excluding hydrogens is 276 g/mol. The molecule has 0 radical (unpaired) electrons. The Morgan fingerprint density at radius 2 is 1.91 bits per heavy atom. The molecule has 22 heavy (non-hydrogen) atoms. The third-order valence-corrected chi connectivity index (χ3v) is 4.04. The van der Waals surface area contributed by atoms with Gasteiger partial charge in [0.15, 0.2) is 0 Å². The normalized spacial score (nSPS) is 10.9. The number of hydrogen-bond acceptors (Lipinski definition) is 1. The van der Waals surface area contributed by atoms with E-state index in [9.17, 15) is 4.79 Å². The van der Waals surface area contributed by atoms with Crippen LogP contribution in [0, 0.1) is 6.92 Å². The summed E-state index contributed by atoms with van der Waals surface area (Å²) in [5.41, 5.74) is 2.74. The minimum atomic E-state index is -0.879. The van der Waals surface area contributed by atoms with Crippen molar-refractivity contribution in [3.63, 3.8) is 0 Å². The second kappa shape index (κ2) is 7.25. The molecule has 0 amide bonds. The number of carboxylic acid groups (broad SMARTS) is 1. The average Bonchev–Trinajstić information content (AvgIpc) is 2.80. The molecule has 0 aliphatic carbocycles. The van der Waals surface area contributed by atoms with E-state index in [-0.39, 0.29) is 0 Å². The Morgan fingerprint density at radius 1 is 1.23 bits per heavy atom. The summed E-state index contributed by atoms with van der Waals surface area (Å²) in [6, 6.07) is 7.15. The minimum Gasteiger partial charge on any atom is -0.478 e. The number of nitrogens with zero attached hydrogens (tertiary/aromatic N) is 2. The molecule has 0 spiro atoms. The highest BCUT2D eigenvalue weighted by molar-refractivity contribution is 5.87. The van der Waals surface area contributed by atoms with Crippen LogP contribution in [0.15, 0.2) is 30.5 Å². The maximum Gasteiger partial charge on any atom is 0.335 e. The third-order valence-electron chi connectivity index (χ3n) is 4.04. The van der Waals surface area contributed by atoms with E-state index >= 15 is 0 Å². The van der Waals surface area contributed by atoms with Crippen LogP contribution in [-0.4, -0.2) is 15.6 Å². The van der Waals surface area contributed by atoms with Gasteiger partial charge in [-0.05, 0) is 31.0 Å². The molecule has 0 saturated carbocycles. The second-order valence-corrected chi connectivity index (χ2v) is 5.66. The second-order valence-electron chi connectivity index (χ2n) is 5.66. The van der Waals surface area contributed by atoms with Crippen molar-refractivity contribution in [3.8, 4) is 0 Å². The van der Waals surface area contributed by atoms with E-state index in [1.165, 1.54) is 24.4 Å². The van der Waals surface area contributed by atoms with Crippen molar-refractivity contribution in [1.82, 2.24) is 4.57 Å². The quantitative estimate of drug-likeness (QED) is 0.798. The Morgan fingerprint density at radius 3 is 2.45 bits per heavy atom. The molecule has 1 aromatic heterocycles. The van der Waals surface area contributed by atoms with Gasteiger partial charge in [-0.1, -0.05) is 25.5 Å². The monoisotopic (exact) mass is 301 g/mol. The lowest BCUT2D eigenvalue weighted by atomic mass is 10.1. The summed E-state index contributed by atoms with van der Waals surface area (Å²) in [6.07, 6.45) is 5.63. The zero-order valence-electron chi connectivity index (χ0n) is 13.7. The van der Waals surface area contributed by atoms with Crippen LogP contribution in [0.25, 0.3) is 0 Å². The first-order chi connectivity index (χ1) is 10.6. The van der Waals surface area contributed by atoms with Gasteiger partial charge in [0.05, 0.1) is 12.1 Å². The summed E-state index contributed by atoms with van der Waals surface area (Å²) in [5, 5.41) is 8.97. The Kier molecular flexibility index (Phi) is 5.36. The number of rotatable bonds is 7. The number of unbranched alkanes of at least 4 members (excludes halogenated alkanes) is 1. The van der Waals surface area contributed by atoms with Crippen molar-refractivity contribution in [2.24, 2.45) is 0 Å². The number of aromatic carboxylic acids is 1. The van der Waals surface area contributed by atoms with Crippen molar-refractivity contribution in [1.29, 1.82) is 0 Å². The molecule has 0 aliphatic heterocycles. The van der Waals surface area contributed by atoms with Crippen LogP contribution in [-0.2, 0) is 19.5 Å². The molecule has 1 aromatic carbocycles. The fourth-order valence-corrected chi connectivity index (χ4v) is 2.86. The maximum atomic E-state index is 10.9. The number of carbonyl (C=O) groups is 1. The molecule has 4 nitrogen and oxygen atoms in total. The van der Waals surface area contributed by atoms with Gasteiger partial charge in [-0.15, -0.1) is 0 Å². The van der Waals surface area contributed by atoms with Gasteiger partial charge in [-0.25, -0.2) is 13.9 Å². The van der Waals surface area contributed by atoms with Crippen molar-refractivity contribution in [3.05, 3.63) is 53.1 Å². The van der Waals surface area contributed by atoms with E-state index in [1.54, 1.807) is 12.1 Å². The van der Waals surface area contributed by atoms with Crippen molar-refractivity contribution in [2.45, 2.75) is 53.1 Å². The molecule has 0 unspecified atom stereocenters. The molecule has 1 heterocycles. The molecule has 0 fully saturated rings. The number of benzene rings is 1. The fourth-order valence-electron chi connectivity index (χ4n) is 2.86. The minimum absolute atomic E-state index is 0.335. The first kappa shape index (κ1) is 16.3. The molecule has 0 aliphatic rings. The van der Waals surface area contributed by atoms with Gasteiger partial charge in [-0.3, -0.25) is 0 Å². The van der Waals surface area contributed by atoms with E-state index in [1.807, 2.05) is 12.1 Å². The van der Waals surface area contributed by atoms with Gasteiger partial charge in [0.25, 0.3) is 5.82 Å². The number of carboxylic acids is 1. The van der Waals surface area contributed by atoms with Gasteiger partial charge in [0, 0.05) is 13.3 Å². The van der Waals surface area contributed by atoms with Crippen molar-refractivity contribution >= 4 is 5.97 Å². The Labute approximate surface area is 132 Å². The Bertz CT molecular complexity index is 642. The number of aromatic nitrogens is 2. The van der Waals surface area contributed by atoms with Gasteiger partial charge in [-0.2, -0.15) is 0 Å². The summed E-state index contributed by atoms with van der Waals surface area (Å²) < 4.78 is 4.66. The van der Waals surface area contributed by atoms with Crippen LogP contribution in [0.2, 0.25) is 0 Å². The number of aryl methyl sites for hydroxylation is 1. The molecule has 2 rings (SSSR count). The zero-order valence-corrected chi connectivity index (χ0v) is 13.7. The van der Waals surface area contributed by atoms with Crippen molar-refractivity contribution < 1.29 is 14.5 Å². The lowest BCUT2D eigenvalue weighted by Crippen LogP contribution is -2.37. The van der Waals surface area contributed by atoms with Gasteiger partial charge >= 0.3 is 5.97 Å². The van der Waals surface area contributed by atoms with Crippen LogP contribution in [0.1, 0.15) is 54.1 Å². The van der Waals surface area contributed by atoms with Crippen LogP contribution in [0.5, 0.6) is 0 Å². The van der Waals surface area contributed by atoms with Gasteiger partial charge < -0.3 is 5.11 Å². The van der Waals surface area contributed by atoms with Crippen LogP contribution in [0.3, 0.4) is 0 Å². The molecule has 1 N–H and O–H groups in total. The summed E-state index contributed by atoms with van der Waals surface area (Å²) in [6.45, 7) is 8.29. The molecular formula is C18H25N2O2+. The molecule has 118 valence electrons. The summed E-state index contributed by atoms with van der Waals surface area (Å²) in [4.78, 5) is 10.9. The lowest BCUT2D eigenvalue weighted by Gasteiger charge is -2.05.